The minimum Gasteiger partial charge on any atom is -0.309 e. The van der Waals surface area contributed by atoms with Crippen LogP contribution in [0.15, 0.2) is 212 Å². The smallest absolute Gasteiger partial charge is 0.0547 e. The summed E-state index contributed by atoms with van der Waals surface area (Å²) in [5.41, 5.74) is 20.7. The molecular formula is C56H38N2. The second-order valence-corrected chi connectivity index (χ2v) is 15.8. The lowest BCUT2D eigenvalue weighted by atomic mass is 9.70. The highest BCUT2D eigenvalue weighted by molar-refractivity contribution is 6.16. The molecule has 0 saturated heterocycles. The van der Waals surface area contributed by atoms with Gasteiger partial charge in [-0.2, -0.15) is 0 Å². The largest absolute Gasteiger partial charge is 0.309 e. The molecule has 0 fully saturated rings. The first-order chi connectivity index (χ1) is 28.7. The fraction of sp³-hybridized carbons (Fsp3) is 0.0357. The molecule has 1 aliphatic carbocycles. The summed E-state index contributed by atoms with van der Waals surface area (Å²) >= 11 is 0. The molecule has 0 amide bonds. The normalized spacial score (nSPS) is 15.0. The number of aromatic nitrogens is 1. The zero-order valence-corrected chi connectivity index (χ0v) is 32.1. The van der Waals surface area contributed by atoms with Gasteiger partial charge in [-0.15, -0.1) is 0 Å². The Bertz CT molecular complexity index is 3230. The molecule has 0 saturated carbocycles. The van der Waals surface area contributed by atoms with Crippen molar-refractivity contribution in [3.8, 4) is 50.2 Å². The number of anilines is 3. The Balaban J connectivity index is 1.14. The zero-order chi connectivity index (χ0) is 38.4. The number of nitrogens with zero attached hydrogens (tertiary/aromatic N) is 2. The van der Waals surface area contributed by atoms with Crippen molar-refractivity contribution in [3.05, 3.63) is 229 Å². The van der Waals surface area contributed by atoms with Crippen molar-refractivity contribution >= 4 is 38.9 Å². The van der Waals surface area contributed by atoms with Crippen molar-refractivity contribution in [1.82, 2.24) is 4.57 Å². The van der Waals surface area contributed by atoms with E-state index < -0.39 is 0 Å². The van der Waals surface area contributed by atoms with Crippen LogP contribution < -0.4 is 4.90 Å². The first-order valence-corrected chi connectivity index (χ1v) is 20.2. The van der Waals surface area contributed by atoms with Crippen LogP contribution in [0.5, 0.6) is 0 Å². The first-order valence-electron chi connectivity index (χ1n) is 20.2. The molecule has 12 rings (SSSR count). The molecule has 1 atom stereocenters. The number of rotatable bonds is 5. The van der Waals surface area contributed by atoms with Gasteiger partial charge in [0.05, 0.1) is 28.1 Å². The molecule has 9 aromatic carbocycles. The highest BCUT2D eigenvalue weighted by Crippen LogP contribution is 2.63. The molecule has 0 radical (unpaired) electrons. The Morgan fingerprint density at radius 2 is 0.983 bits per heavy atom. The van der Waals surface area contributed by atoms with Crippen LogP contribution in [-0.2, 0) is 5.41 Å². The third kappa shape index (κ3) is 4.60. The third-order valence-corrected chi connectivity index (χ3v) is 12.8. The van der Waals surface area contributed by atoms with Gasteiger partial charge in [0.15, 0.2) is 0 Å². The molecule has 0 N–H and O–H groups in total. The van der Waals surface area contributed by atoms with Gasteiger partial charge < -0.3 is 9.47 Å². The van der Waals surface area contributed by atoms with Gasteiger partial charge in [0.25, 0.3) is 0 Å². The summed E-state index contributed by atoms with van der Waals surface area (Å²) in [6.07, 6.45) is 0. The predicted molar refractivity (Wildman–Crippen MR) is 243 cm³/mol. The fourth-order valence-electron chi connectivity index (χ4n) is 10.2. The minimum atomic E-state index is -0.368. The Labute approximate surface area is 338 Å². The molecule has 2 heterocycles. The van der Waals surface area contributed by atoms with Crippen LogP contribution in [0.1, 0.15) is 23.6 Å². The topological polar surface area (TPSA) is 8.17 Å². The van der Waals surface area contributed by atoms with Crippen LogP contribution in [0.2, 0.25) is 0 Å². The Morgan fingerprint density at radius 3 is 1.81 bits per heavy atom. The number of hydrogen-bond acceptors (Lipinski definition) is 1. The van der Waals surface area contributed by atoms with E-state index in [-0.39, 0.29) is 5.41 Å². The fourth-order valence-corrected chi connectivity index (χ4v) is 10.2. The second kappa shape index (κ2) is 12.5. The highest BCUT2D eigenvalue weighted by atomic mass is 15.2. The van der Waals surface area contributed by atoms with Gasteiger partial charge in [-0.25, -0.2) is 0 Å². The van der Waals surface area contributed by atoms with Crippen molar-refractivity contribution in [2.75, 3.05) is 4.90 Å². The van der Waals surface area contributed by atoms with E-state index in [1.165, 1.54) is 106 Å². The minimum absolute atomic E-state index is 0.368. The molecule has 2 aliphatic rings. The van der Waals surface area contributed by atoms with E-state index >= 15 is 0 Å². The van der Waals surface area contributed by atoms with Gasteiger partial charge >= 0.3 is 0 Å². The predicted octanol–water partition coefficient (Wildman–Crippen LogP) is 14.9. The average molecular weight is 739 g/mol. The van der Waals surface area contributed by atoms with Gasteiger partial charge in [-0.1, -0.05) is 158 Å². The summed E-state index contributed by atoms with van der Waals surface area (Å²) in [6, 6.07) is 78.2. The maximum atomic E-state index is 2.55. The number of fused-ring (bicyclic) bond motifs is 8. The molecule has 272 valence electrons. The van der Waals surface area contributed by atoms with E-state index in [9.17, 15) is 0 Å². The Hall–Kier alpha value is -7.42. The summed E-state index contributed by atoms with van der Waals surface area (Å²) in [7, 11) is 0. The van der Waals surface area contributed by atoms with Crippen LogP contribution in [0.3, 0.4) is 0 Å². The lowest BCUT2D eigenvalue weighted by molar-refractivity contribution is 0.702. The van der Waals surface area contributed by atoms with E-state index in [0.717, 1.165) is 0 Å². The quantitative estimate of drug-likeness (QED) is 0.171. The van der Waals surface area contributed by atoms with Crippen LogP contribution >= 0.6 is 0 Å². The second-order valence-electron chi connectivity index (χ2n) is 15.8. The average Bonchev–Trinajstić information content (AvgIpc) is 3.78. The van der Waals surface area contributed by atoms with Gasteiger partial charge in [-0.3, -0.25) is 0 Å². The van der Waals surface area contributed by atoms with Gasteiger partial charge in [-0.05, 0) is 117 Å². The van der Waals surface area contributed by atoms with Crippen LogP contribution in [0, 0.1) is 0 Å². The number of para-hydroxylation sites is 2. The Kier molecular flexibility index (Phi) is 7.09. The standard InChI is InChI=1S/C56H38N2/c1-56-47-27-13-11-23-43(47)44-26-16-30-53(55(44)56)58(50-33-31-39(37-17-5-2-6-18-37)35-46(50)38-19-7-3-8-20-38)51-34-32-40(36-48(51)56)42-25-15-29-52-54(42)45-24-12-14-28-49(45)57(52)41-21-9-4-10-22-41/h2-36H,1H3. The summed E-state index contributed by atoms with van der Waals surface area (Å²) in [5, 5.41) is 2.53. The molecule has 2 nitrogen and oxygen atoms in total. The number of hydrogen-bond donors (Lipinski definition) is 0. The molecule has 1 aromatic heterocycles. The molecule has 2 heteroatoms. The molecule has 0 bridgehead atoms. The van der Waals surface area contributed by atoms with E-state index in [0.29, 0.717) is 0 Å². The molecular weight excluding hydrogens is 701 g/mol. The van der Waals surface area contributed by atoms with Crippen molar-refractivity contribution in [1.29, 1.82) is 0 Å². The number of benzene rings is 9. The Morgan fingerprint density at radius 1 is 0.362 bits per heavy atom. The monoisotopic (exact) mass is 738 g/mol. The molecule has 58 heavy (non-hydrogen) atoms. The maximum Gasteiger partial charge on any atom is 0.0547 e. The molecule has 0 spiro atoms. The van der Waals surface area contributed by atoms with Gasteiger partial charge in [0.2, 0.25) is 0 Å². The van der Waals surface area contributed by atoms with Crippen molar-refractivity contribution < 1.29 is 0 Å². The lowest BCUT2D eigenvalue weighted by Gasteiger charge is -2.43. The molecule has 1 unspecified atom stereocenters. The third-order valence-electron chi connectivity index (χ3n) is 12.8. The summed E-state index contributed by atoms with van der Waals surface area (Å²) in [5.74, 6) is 0. The SMILES string of the molecule is CC12c3ccccc3-c3cccc(c31)N(c1ccc(-c3ccccc3)cc1-c1ccccc1)c1ccc(-c3cccc4c3c3ccccc3n4-c3ccccc3)cc12. The van der Waals surface area contributed by atoms with E-state index in [1.54, 1.807) is 0 Å². The molecule has 10 aromatic rings. The van der Waals surface area contributed by atoms with Crippen LogP contribution in [0.4, 0.5) is 17.1 Å². The summed E-state index contributed by atoms with van der Waals surface area (Å²) < 4.78 is 2.41. The van der Waals surface area contributed by atoms with E-state index in [4.69, 9.17) is 0 Å². The summed E-state index contributed by atoms with van der Waals surface area (Å²) in [4.78, 5) is 2.55. The van der Waals surface area contributed by atoms with Crippen LogP contribution in [0.25, 0.3) is 72.0 Å². The zero-order valence-electron chi connectivity index (χ0n) is 32.1. The van der Waals surface area contributed by atoms with Gasteiger partial charge in [0, 0.05) is 27.4 Å². The van der Waals surface area contributed by atoms with Crippen molar-refractivity contribution in [2.45, 2.75) is 12.3 Å². The maximum absolute atomic E-state index is 2.55. The summed E-state index contributed by atoms with van der Waals surface area (Å²) in [6.45, 7) is 2.46. The first kappa shape index (κ1) is 32.8. The van der Waals surface area contributed by atoms with Crippen molar-refractivity contribution in [2.24, 2.45) is 0 Å². The van der Waals surface area contributed by atoms with E-state index in [1.807, 2.05) is 0 Å². The molecule has 1 aliphatic heterocycles. The van der Waals surface area contributed by atoms with E-state index in [2.05, 4.69) is 229 Å². The highest BCUT2D eigenvalue weighted by Gasteiger charge is 2.48. The van der Waals surface area contributed by atoms with Crippen molar-refractivity contribution in [3.63, 3.8) is 0 Å². The lowest BCUT2D eigenvalue weighted by Crippen LogP contribution is -2.32. The van der Waals surface area contributed by atoms with Crippen LogP contribution in [-0.4, -0.2) is 4.57 Å². The van der Waals surface area contributed by atoms with Gasteiger partial charge in [0.1, 0.15) is 0 Å².